The van der Waals surface area contributed by atoms with Gasteiger partial charge in [-0.15, -0.1) is 0 Å². The standard InChI is InChI=1S/C12H21NO5S/c1-9-3-6-12(7-4-9,11(15)16)13-10(14)5-8-19(2,17)18/h9H,3-8H2,1-2H3,(H,13,14)(H,15,16). The second-order valence-electron chi connectivity index (χ2n) is 5.50. The predicted molar refractivity (Wildman–Crippen MR) is 70.5 cm³/mol. The first-order valence-corrected chi connectivity index (χ1v) is 8.43. The summed E-state index contributed by atoms with van der Waals surface area (Å²) in [5.41, 5.74) is -1.22. The molecule has 1 amide bonds. The lowest BCUT2D eigenvalue weighted by atomic mass is 9.77. The van der Waals surface area contributed by atoms with E-state index in [9.17, 15) is 23.1 Å². The number of rotatable bonds is 5. The van der Waals surface area contributed by atoms with E-state index >= 15 is 0 Å². The van der Waals surface area contributed by atoms with Crippen LogP contribution in [-0.4, -0.2) is 42.9 Å². The van der Waals surface area contributed by atoms with Crippen LogP contribution in [0, 0.1) is 5.92 Å². The second-order valence-corrected chi connectivity index (χ2v) is 7.76. The lowest BCUT2D eigenvalue weighted by molar-refractivity contribution is -0.149. The Labute approximate surface area is 113 Å². The van der Waals surface area contributed by atoms with Crippen molar-refractivity contribution in [2.45, 2.75) is 44.6 Å². The zero-order chi connectivity index (χ0) is 14.7. The van der Waals surface area contributed by atoms with Crippen molar-refractivity contribution in [3.63, 3.8) is 0 Å². The Bertz CT molecular complexity index is 449. The molecular formula is C12H21NO5S. The molecule has 2 N–H and O–H groups in total. The predicted octanol–water partition coefficient (Wildman–Crippen LogP) is 0.571. The molecule has 0 aromatic heterocycles. The minimum absolute atomic E-state index is 0.191. The summed E-state index contributed by atoms with van der Waals surface area (Å²) in [4.78, 5) is 23.1. The number of aliphatic carboxylic acids is 1. The average Bonchev–Trinajstić information content (AvgIpc) is 2.29. The number of carbonyl (C=O) groups excluding carboxylic acids is 1. The summed E-state index contributed by atoms with van der Waals surface area (Å²) in [6.45, 7) is 2.05. The quantitative estimate of drug-likeness (QED) is 0.771. The average molecular weight is 291 g/mol. The molecule has 7 heteroatoms. The molecule has 0 heterocycles. The third-order valence-corrected chi connectivity index (χ3v) is 4.56. The third-order valence-electron chi connectivity index (χ3n) is 3.62. The number of sulfone groups is 1. The van der Waals surface area contributed by atoms with Gasteiger partial charge in [0.1, 0.15) is 15.4 Å². The highest BCUT2D eigenvalue weighted by molar-refractivity contribution is 7.90. The molecule has 0 bridgehead atoms. The van der Waals surface area contributed by atoms with E-state index in [1.807, 2.05) is 0 Å². The van der Waals surface area contributed by atoms with Crippen LogP contribution in [-0.2, 0) is 19.4 Å². The van der Waals surface area contributed by atoms with Crippen molar-refractivity contribution in [1.29, 1.82) is 0 Å². The van der Waals surface area contributed by atoms with Gasteiger partial charge in [0.15, 0.2) is 0 Å². The van der Waals surface area contributed by atoms with Gasteiger partial charge in [-0.25, -0.2) is 13.2 Å². The van der Waals surface area contributed by atoms with E-state index in [4.69, 9.17) is 0 Å². The van der Waals surface area contributed by atoms with E-state index in [1.54, 1.807) is 0 Å². The molecule has 0 spiro atoms. The molecule has 110 valence electrons. The molecule has 0 aromatic rings. The van der Waals surface area contributed by atoms with Crippen molar-refractivity contribution in [1.82, 2.24) is 5.32 Å². The van der Waals surface area contributed by atoms with Gasteiger partial charge in [-0.3, -0.25) is 4.79 Å². The largest absolute Gasteiger partial charge is 0.480 e. The van der Waals surface area contributed by atoms with E-state index in [-0.39, 0.29) is 12.2 Å². The van der Waals surface area contributed by atoms with Crippen molar-refractivity contribution >= 4 is 21.7 Å². The van der Waals surface area contributed by atoms with Gasteiger partial charge in [0.2, 0.25) is 5.91 Å². The van der Waals surface area contributed by atoms with Crippen LogP contribution in [0.3, 0.4) is 0 Å². The van der Waals surface area contributed by atoms with Crippen molar-refractivity contribution in [2.75, 3.05) is 12.0 Å². The summed E-state index contributed by atoms with van der Waals surface area (Å²) >= 11 is 0. The zero-order valence-electron chi connectivity index (χ0n) is 11.3. The van der Waals surface area contributed by atoms with Crippen molar-refractivity contribution in [3.8, 4) is 0 Å². The number of carboxylic acids is 1. The minimum Gasteiger partial charge on any atom is -0.480 e. The van der Waals surface area contributed by atoms with Gasteiger partial charge in [-0.2, -0.15) is 0 Å². The first-order chi connectivity index (χ1) is 8.65. The number of hydrogen-bond acceptors (Lipinski definition) is 4. The lowest BCUT2D eigenvalue weighted by Crippen LogP contribution is -2.56. The number of nitrogens with one attached hydrogen (secondary N) is 1. The van der Waals surface area contributed by atoms with E-state index in [0.717, 1.165) is 19.1 Å². The van der Waals surface area contributed by atoms with Crippen LogP contribution in [0.25, 0.3) is 0 Å². The summed E-state index contributed by atoms with van der Waals surface area (Å²) in [5, 5.41) is 11.8. The Hall–Kier alpha value is -1.11. The Morgan fingerprint density at radius 2 is 1.84 bits per heavy atom. The normalized spacial score (nSPS) is 27.8. The SMILES string of the molecule is CC1CCC(NC(=O)CCS(C)(=O)=O)(C(=O)O)CC1. The van der Waals surface area contributed by atoms with E-state index in [1.165, 1.54) is 0 Å². The maximum Gasteiger partial charge on any atom is 0.329 e. The fraction of sp³-hybridized carbons (Fsp3) is 0.833. The highest BCUT2D eigenvalue weighted by Gasteiger charge is 2.42. The van der Waals surface area contributed by atoms with E-state index in [2.05, 4.69) is 12.2 Å². The van der Waals surface area contributed by atoms with Gasteiger partial charge in [0.05, 0.1) is 5.75 Å². The van der Waals surface area contributed by atoms with Crippen molar-refractivity contribution in [2.24, 2.45) is 5.92 Å². The highest BCUT2D eigenvalue weighted by atomic mass is 32.2. The molecule has 1 aliphatic carbocycles. The maximum absolute atomic E-state index is 11.7. The van der Waals surface area contributed by atoms with E-state index < -0.39 is 27.3 Å². The molecule has 0 saturated heterocycles. The van der Waals surface area contributed by atoms with Crippen LogP contribution < -0.4 is 5.32 Å². The number of carboxylic acid groups (broad SMARTS) is 1. The Balaban J connectivity index is 2.64. The number of carbonyl (C=O) groups is 2. The van der Waals surface area contributed by atoms with Crippen LogP contribution in [0.5, 0.6) is 0 Å². The van der Waals surface area contributed by atoms with Gasteiger partial charge in [0, 0.05) is 12.7 Å². The van der Waals surface area contributed by atoms with Gasteiger partial charge in [-0.05, 0) is 31.6 Å². The maximum atomic E-state index is 11.7. The molecule has 6 nitrogen and oxygen atoms in total. The molecule has 1 aliphatic rings. The first kappa shape index (κ1) is 15.9. The van der Waals surface area contributed by atoms with E-state index in [0.29, 0.717) is 18.8 Å². The fourth-order valence-corrected chi connectivity index (χ4v) is 2.81. The number of amides is 1. The van der Waals surface area contributed by atoms with Gasteiger partial charge in [0.25, 0.3) is 0 Å². The topological polar surface area (TPSA) is 101 Å². The van der Waals surface area contributed by atoms with Gasteiger partial charge in [-0.1, -0.05) is 6.92 Å². The van der Waals surface area contributed by atoms with Crippen molar-refractivity contribution < 1.29 is 23.1 Å². The molecule has 0 radical (unpaired) electrons. The van der Waals surface area contributed by atoms with Crippen LogP contribution in [0.1, 0.15) is 39.0 Å². The summed E-state index contributed by atoms with van der Waals surface area (Å²) < 4.78 is 22.0. The molecular weight excluding hydrogens is 270 g/mol. The number of hydrogen-bond donors (Lipinski definition) is 2. The molecule has 0 atom stereocenters. The minimum atomic E-state index is -3.22. The molecule has 0 aliphatic heterocycles. The van der Waals surface area contributed by atoms with Crippen molar-refractivity contribution in [3.05, 3.63) is 0 Å². The molecule has 0 aromatic carbocycles. The van der Waals surface area contributed by atoms with Gasteiger partial charge >= 0.3 is 5.97 Å². The van der Waals surface area contributed by atoms with Crippen LogP contribution in [0.15, 0.2) is 0 Å². The first-order valence-electron chi connectivity index (χ1n) is 6.37. The summed E-state index contributed by atoms with van der Waals surface area (Å²) in [6, 6.07) is 0. The third kappa shape index (κ3) is 4.81. The van der Waals surface area contributed by atoms with Gasteiger partial charge < -0.3 is 10.4 Å². The molecule has 1 saturated carbocycles. The monoisotopic (exact) mass is 291 g/mol. The van der Waals surface area contributed by atoms with Crippen LogP contribution in [0.2, 0.25) is 0 Å². The molecule has 19 heavy (non-hydrogen) atoms. The summed E-state index contributed by atoms with van der Waals surface area (Å²) in [7, 11) is -3.22. The highest BCUT2D eigenvalue weighted by Crippen LogP contribution is 2.32. The summed E-state index contributed by atoms with van der Waals surface area (Å²) in [6.07, 6.45) is 3.15. The Morgan fingerprint density at radius 1 is 1.32 bits per heavy atom. The molecule has 1 rings (SSSR count). The fourth-order valence-electron chi connectivity index (χ4n) is 2.25. The lowest BCUT2D eigenvalue weighted by Gasteiger charge is -2.36. The smallest absolute Gasteiger partial charge is 0.329 e. The molecule has 1 fully saturated rings. The Morgan fingerprint density at radius 3 is 2.26 bits per heavy atom. The zero-order valence-corrected chi connectivity index (χ0v) is 12.1. The van der Waals surface area contributed by atoms with Crippen LogP contribution >= 0.6 is 0 Å². The Kier molecular flexibility index (Phi) is 4.95. The summed E-state index contributed by atoms with van der Waals surface area (Å²) in [5.74, 6) is -1.35. The van der Waals surface area contributed by atoms with Crippen LogP contribution in [0.4, 0.5) is 0 Å². The molecule has 0 unspecified atom stereocenters. The second kappa shape index (κ2) is 5.90.